The van der Waals surface area contributed by atoms with Crippen LogP contribution in [0, 0.1) is 0 Å². The zero-order valence-corrected chi connectivity index (χ0v) is 21.8. The van der Waals surface area contributed by atoms with E-state index in [2.05, 4.69) is 15.2 Å². The number of nitrogens with one attached hydrogen (secondary N) is 2. The lowest BCUT2D eigenvalue weighted by Crippen LogP contribution is -2.43. The molecule has 35 heavy (non-hydrogen) atoms. The maximum Gasteiger partial charge on any atom is 0.351 e. The normalized spacial score (nSPS) is 20.1. The molecule has 2 rings (SSSR count). The Bertz CT molecular complexity index is 951. The molecule has 0 amide bonds. The van der Waals surface area contributed by atoms with Crippen LogP contribution in [0.25, 0.3) is 0 Å². The molecule has 4 atom stereocenters. The summed E-state index contributed by atoms with van der Waals surface area (Å²) in [4.78, 5) is 40.3. The number of hydrogen-bond donors (Lipinski definition) is 3. The lowest BCUT2D eigenvalue weighted by atomic mass is 10.3. The Morgan fingerprint density at radius 2 is 1.69 bits per heavy atom. The van der Waals surface area contributed by atoms with Gasteiger partial charge in [0, 0.05) is 12.6 Å². The number of nitrogen functional groups attached to an aromatic ring is 1. The van der Waals surface area contributed by atoms with E-state index in [0.29, 0.717) is 6.42 Å². The van der Waals surface area contributed by atoms with Crippen molar-refractivity contribution in [2.75, 3.05) is 18.7 Å². The first-order valence-corrected chi connectivity index (χ1v) is 13.3. The van der Waals surface area contributed by atoms with Crippen molar-refractivity contribution in [3.63, 3.8) is 0 Å². The first-order valence-electron chi connectivity index (χ1n) is 11.4. The van der Waals surface area contributed by atoms with Gasteiger partial charge in [-0.05, 0) is 47.6 Å². The van der Waals surface area contributed by atoms with E-state index in [4.69, 9.17) is 24.7 Å². The molecule has 1 unspecified atom stereocenters. The van der Waals surface area contributed by atoms with Crippen molar-refractivity contribution >= 4 is 25.2 Å². The smallest absolute Gasteiger partial charge is 0.351 e. The number of carbonyl (C=O) groups is 2. The first kappa shape index (κ1) is 28.9. The summed E-state index contributed by atoms with van der Waals surface area (Å²) in [5.41, 5.74) is 4.97. The molecule has 1 aromatic rings. The average molecular weight is 518 g/mol. The minimum Gasteiger partial charge on any atom is -0.462 e. The van der Waals surface area contributed by atoms with Gasteiger partial charge >= 0.3 is 17.6 Å². The highest BCUT2D eigenvalue weighted by Crippen LogP contribution is 2.39. The molecule has 1 aromatic heterocycles. The van der Waals surface area contributed by atoms with Crippen LogP contribution in [0.15, 0.2) is 17.1 Å². The third-order valence-electron chi connectivity index (χ3n) is 4.81. The third kappa shape index (κ3) is 9.01. The van der Waals surface area contributed by atoms with Gasteiger partial charge in [-0.3, -0.25) is 18.7 Å². The van der Waals surface area contributed by atoms with Gasteiger partial charge in [0.25, 0.3) is 0 Å². The SMILES string of the molecule is CC(C)OC(=O)[C@H](C)NP(=O)(CO[C@H]1COC(n2ccc(N)nc2=O)C1)N[C@@H](C)C(=O)OC(C)C. The molecule has 0 bridgehead atoms. The molecule has 1 saturated heterocycles. The summed E-state index contributed by atoms with van der Waals surface area (Å²) in [7, 11) is -3.66. The molecular weight excluding hydrogens is 481 g/mol. The first-order chi connectivity index (χ1) is 16.3. The molecule has 1 aliphatic rings. The van der Waals surface area contributed by atoms with Crippen molar-refractivity contribution < 1.29 is 33.1 Å². The lowest BCUT2D eigenvalue weighted by Gasteiger charge is -2.27. The molecule has 13 nitrogen and oxygen atoms in total. The highest BCUT2D eigenvalue weighted by molar-refractivity contribution is 7.59. The number of rotatable bonds is 12. The van der Waals surface area contributed by atoms with Gasteiger partial charge in [0.05, 0.1) is 24.9 Å². The molecule has 198 valence electrons. The largest absolute Gasteiger partial charge is 0.462 e. The van der Waals surface area contributed by atoms with Crippen LogP contribution in [0.2, 0.25) is 0 Å². The van der Waals surface area contributed by atoms with Crippen LogP contribution < -0.4 is 21.6 Å². The van der Waals surface area contributed by atoms with E-state index < -0.39 is 49.5 Å². The highest BCUT2D eigenvalue weighted by Gasteiger charge is 2.35. The number of hydrogen-bond acceptors (Lipinski definition) is 10. The molecule has 0 spiro atoms. The van der Waals surface area contributed by atoms with E-state index in [9.17, 15) is 18.9 Å². The Morgan fingerprint density at radius 3 is 2.17 bits per heavy atom. The number of esters is 2. The maximum atomic E-state index is 13.7. The van der Waals surface area contributed by atoms with E-state index in [-0.39, 0.29) is 31.0 Å². The van der Waals surface area contributed by atoms with Crippen molar-refractivity contribution in [2.24, 2.45) is 0 Å². The number of carbonyl (C=O) groups excluding carboxylic acids is 2. The van der Waals surface area contributed by atoms with E-state index in [0.717, 1.165) is 0 Å². The number of nitrogens with two attached hydrogens (primary N) is 1. The molecular formula is C21H36N5O8P. The Balaban J connectivity index is 2.08. The predicted octanol–water partition coefficient (Wildman–Crippen LogP) is 1.14. The minimum absolute atomic E-state index is 0.102. The van der Waals surface area contributed by atoms with Gasteiger partial charge in [0.15, 0.2) is 0 Å². The lowest BCUT2D eigenvalue weighted by molar-refractivity contribution is -0.149. The zero-order valence-electron chi connectivity index (χ0n) is 20.9. The van der Waals surface area contributed by atoms with E-state index in [1.165, 1.54) is 30.7 Å². The van der Waals surface area contributed by atoms with Gasteiger partial charge < -0.3 is 24.7 Å². The molecule has 1 fully saturated rings. The number of anilines is 1. The summed E-state index contributed by atoms with van der Waals surface area (Å²) in [5, 5.41) is 5.47. The second-order valence-electron chi connectivity index (χ2n) is 8.90. The second-order valence-corrected chi connectivity index (χ2v) is 11.2. The number of aromatic nitrogens is 2. The van der Waals surface area contributed by atoms with E-state index in [1.54, 1.807) is 27.7 Å². The second kappa shape index (κ2) is 12.6. The Hall–Kier alpha value is -2.31. The zero-order chi connectivity index (χ0) is 26.3. The Kier molecular flexibility index (Phi) is 10.4. The maximum absolute atomic E-state index is 13.7. The van der Waals surface area contributed by atoms with Crippen molar-refractivity contribution in [3.05, 3.63) is 22.7 Å². The summed E-state index contributed by atoms with van der Waals surface area (Å²) in [6.45, 7) is 9.96. The van der Waals surface area contributed by atoms with Crippen LogP contribution in [0.5, 0.6) is 0 Å². The fourth-order valence-electron chi connectivity index (χ4n) is 3.26. The highest BCUT2D eigenvalue weighted by atomic mass is 31.2. The van der Waals surface area contributed by atoms with Crippen LogP contribution in [0.1, 0.15) is 54.2 Å². The summed E-state index contributed by atoms with van der Waals surface area (Å²) in [5.74, 6) is -1.09. The summed E-state index contributed by atoms with van der Waals surface area (Å²) in [6.07, 6.45) is -0.417. The molecule has 0 saturated carbocycles. The number of nitrogens with zero attached hydrogens (tertiary/aromatic N) is 2. The van der Waals surface area contributed by atoms with Crippen molar-refractivity contribution in [1.82, 2.24) is 19.7 Å². The van der Waals surface area contributed by atoms with Crippen molar-refractivity contribution in [2.45, 2.75) is 84.6 Å². The van der Waals surface area contributed by atoms with Gasteiger partial charge in [0.1, 0.15) is 30.5 Å². The summed E-state index contributed by atoms with van der Waals surface area (Å²) < 4.78 is 36.8. The fourth-order valence-corrected chi connectivity index (χ4v) is 5.36. The van der Waals surface area contributed by atoms with Gasteiger partial charge in [-0.2, -0.15) is 4.98 Å². The molecule has 0 aromatic carbocycles. The van der Waals surface area contributed by atoms with Crippen LogP contribution in [-0.4, -0.2) is 64.8 Å². The van der Waals surface area contributed by atoms with Gasteiger partial charge in [0.2, 0.25) is 7.44 Å². The van der Waals surface area contributed by atoms with Gasteiger partial charge in [-0.1, -0.05) is 0 Å². The molecule has 4 N–H and O–H groups in total. The van der Waals surface area contributed by atoms with Gasteiger partial charge in [-0.25, -0.2) is 15.0 Å². The standard InChI is InChI=1S/C21H36N5O8P/c1-12(2)33-19(27)14(5)24-35(30,25-15(6)20(28)34-13(3)4)11-32-16-9-18(31-10-16)26-8-7-17(22)23-21(26)29/h7-8,12-16,18H,9-11H2,1-6H3,(H2,22,23,29)(H2,24,25,30)/t14-,15-,16+,18?/m0/s1. The molecule has 2 heterocycles. The molecule has 0 radical (unpaired) electrons. The van der Waals surface area contributed by atoms with Crippen LogP contribution >= 0.6 is 7.44 Å². The Labute approximate surface area is 204 Å². The fraction of sp³-hybridized carbons (Fsp3) is 0.714. The predicted molar refractivity (Wildman–Crippen MR) is 128 cm³/mol. The molecule has 1 aliphatic heterocycles. The quantitative estimate of drug-likeness (QED) is 0.267. The summed E-state index contributed by atoms with van der Waals surface area (Å²) >= 11 is 0. The topological polar surface area (TPSA) is 173 Å². The molecule has 14 heteroatoms. The van der Waals surface area contributed by atoms with E-state index >= 15 is 0 Å². The Morgan fingerprint density at radius 1 is 1.14 bits per heavy atom. The minimum atomic E-state index is -3.66. The molecule has 0 aliphatic carbocycles. The number of ether oxygens (including phenoxy) is 4. The summed E-state index contributed by atoms with van der Waals surface area (Å²) in [6, 6.07) is -0.407. The average Bonchev–Trinajstić information content (AvgIpc) is 3.20. The van der Waals surface area contributed by atoms with Crippen molar-refractivity contribution in [3.8, 4) is 0 Å². The third-order valence-corrected chi connectivity index (χ3v) is 6.93. The van der Waals surface area contributed by atoms with Crippen LogP contribution in [-0.2, 0) is 33.1 Å². The monoisotopic (exact) mass is 517 g/mol. The van der Waals surface area contributed by atoms with E-state index in [1.807, 2.05) is 0 Å². The van der Waals surface area contributed by atoms with Gasteiger partial charge in [-0.15, -0.1) is 0 Å². The van der Waals surface area contributed by atoms with Crippen molar-refractivity contribution in [1.29, 1.82) is 0 Å². The van der Waals surface area contributed by atoms with Crippen LogP contribution in [0.4, 0.5) is 5.82 Å². The van der Waals surface area contributed by atoms with Crippen LogP contribution in [0.3, 0.4) is 0 Å².